The van der Waals surface area contributed by atoms with Crippen LogP contribution in [-0.4, -0.2) is 0 Å². The van der Waals surface area contributed by atoms with E-state index in [1.807, 2.05) is 0 Å². The topological polar surface area (TPSA) is 3.24 Å². The highest BCUT2D eigenvalue weighted by molar-refractivity contribution is 6.05. The highest BCUT2D eigenvalue weighted by atomic mass is 15.1. The zero-order valence-electron chi connectivity index (χ0n) is 39.5. The van der Waals surface area contributed by atoms with Gasteiger partial charge < -0.3 is 4.90 Å². The smallest absolute Gasteiger partial charge is 0.0714 e. The highest BCUT2D eigenvalue weighted by Crippen LogP contribution is 2.60. The summed E-state index contributed by atoms with van der Waals surface area (Å²) in [4.78, 5) is 2.58. The van der Waals surface area contributed by atoms with Crippen molar-refractivity contribution in [3.05, 3.63) is 269 Å². The zero-order chi connectivity index (χ0) is 46.1. The van der Waals surface area contributed by atoms with Gasteiger partial charge >= 0.3 is 0 Å². The van der Waals surface area contributed by atoms with E-state index in [0.29, 0.717) is 5.92 Å². The largest absolute Gasteiger partial charge is 0.309 e. The molecule has 10 aromatic carbocycles. The van der Waals surface area contributed by atoms with Crippen LogP contribution < -0.4 is 4.90 Å². The molecule has 0 bridgehead atoms. The Labute approximate surface area is 407 Å². The number of benzene rings is 10. The molecule has 0 saturated heterocycles. The third-order valence-electron chi connectivity index (χ3n) is 16.2. The molecule has 0 aromatic heterocycles. The average Bonchev–Trinajstić information content (AvgIpc) is 3.85. The predicted molar refractivity (Wildman–Crippen MR) is 290 cm³/mol. The van der Waals surface area contributed by atoms with Crippen molar-refractivity contribution in [3.8, 4) is 44.5 Å². The van der Waals surface area contributed by atoms with Gasteiger partial charge in [0.05, 0.1) is 16.8 Å². The summed E-state index contributed by atoms with van der Waals surface area (Å²) in [6.45, 7) is 4.74. The zero-order valence-corrected chi connectivity index (χ0v) is 39.5. The van der Waals surface area contributed by atoms with Crippen LogP contribution in [0, 0.1) is 0 Å². The SMILES string of the molecule is CC1(C)c2ccccc2-c2c(-c3ccc(N(c4ccccc4-c4cccc5cccc(C6CCCCC6)c45)c4cccc5c4-c4ccccc4C5(c4ccccc4)c4ccccc4)cc3)cccc21. The minimum atomic E-state index is -0.526. The molecular formula is C68H55N. The van der Waals surface area contributed by atoms with Crippen molar-refractivity contribution in [3.63, 3.8) is 0 Å². The molecular weight excluding hydrogens is 831 g/mol. The molecule has 0 atom stereocenters. The van der Waals surface area contributed by atoms with E-state index < -0.39 is 5.41 Å². The van der Waals surface area contributed by atoms with E-state index in [0.717, 1.165) is 17.1 Å². The summed E-state index contributed by atoms with van der Waals surface area (Å²) in [5.41, 5.74) is 22.5. The Bertz CT molecular complexity index is 3510. The third kappa shape index (κ3) is 6.37. The minimum Gasteiger partial charge on any atom is -0.309 e. The molecule has 1 heteroatoms. The summed E-state index contributed by atoms with van der Waals surface area (Å²) >= 11 is 0. The molecule has 13 rings (SSSR count). The quantitative estimate of drug-likeness (QED) is 0.147. The fourth-order valence-corrected chi connectivity index (χ4v) is 13.1. The molecule has 10 aromatic rings. The van der Waals surface area contributed by atoms with E-state index in [9.17, 15) is 0 Å². The van der Waals surface area contributed by atoms with Crippen LogP contribution in [0.1, 0.15) is 90.8 Å². The van der Waals surface area contributed by atoms with Crippen LogP contribution in [0.25, 0.3) is 55.3 Å². The molecule has 1 saturated carbocycles. The molecule has 0 amide bonds. The van der Waals surface area contributed by atoms with Gasteiger partial charge in [0.2, 0.25) is 0 Å². The second-order valence-electron chi connectivity index (χ2n) is 20.1. The Balaban J connectivity index is 1.07. The standard InChI is InChI=1S/C68H55N/c1-67(2)58-36-15-12-31-56(58)65-53(34-20-38-60(65)67)47-42-44-51(45-43-47)69(62-40-17-14-30-54(62)55-35-19-25-48-24-18-33-52(64(48)55)46-22-6-3-7-23-46)63-41-21-39-61-66(63)57-32-13-16-37-59(57)68(61,49-26-8-4-9-27-49)50-28-10-5-11-29-50/h4-5,8-21,24-46H,3,6-7,22-23H2,1-2H3. The lowest BCUT2D eigenvalue weighted by Gasteiger charge is -2.34. The maximum absolute atomic E-state index is 2.58. The van der Waals surface area contributed by atoms with Gasteiger partial charge in [-0.2, -0.15) is 0 Å². The van der Waals surface area contributed by atoms with Crippen LogP contribution >= 0.6 is 0 Å². The lowest BCUT2D eigenvalue weighted by molar-refractivity contribution is 0.445. The van der Waals surface area contributed by atoms with Crippen molar-refractivity contribution in [2.75, 3.05) is 4.90 Å². The van der Waals surface area contributed by atoms with Crippen molar-refractivity contribution in [2.24, 2.45) is 0 Å². The van der Waals surface area contributed by atoms with Gasteiger partial charge in [-0.15, -0.1) is 0 Å². The van der Waals surface area contributed by atoms with Gasteiger partial charge in [0, 0.05) is 22.2 Å². The van der Waals surface area contributed by atoms with Gasteiger partial charge in [-0.05, 0) is 126 Å². The molecule has 3 aliphatic rings. The summed E-state index contributed by atoms with van der Waals surface area (Å²) in [7, 11) is 0. The molecule has 0 N–H and O–H groups in total. The van der Waals surface area contributed by atoms with Gasteiger partial charge in [-0.1, -0.05) is 239 Å². The van der Waals surface area contributed by atoms with E-state index in [1.165, 1.54) is 126 Å². The third-order valence-corrected chi connectivity index (χ3v) is 16.2. The number of para-hydroxylation sites is 1. The monoisotopic (exact) mass is 885 g/mol. The van der Waals surface area contributed by atoms with E-state index in [-0.39, 0.29) is 5.41 Å². The van der Waals surface area contributed by atoms with Crippen molar-refractivity contribution in [2.45, 2.75) is 62.7 Å². The molecule has 0 aliphatic heterocycles. The van der Waals surface area contributed by atoms with Gasteiger partial charge in [-0.3, -0.25) is 0 Å². The van der Waals surface area contributed by atoms with Crippen molar-refractivity contribution < 1.29 is 0 Å². The number of hydrogen-bond acceptors (Lipinski definition) is 1. The minimum absolute atomic E-state index is 0.0699. The molecule has 0 spiro atoms. The van der Waals surface area contributed by atoms with Crippen molar-refractivity contribution in [1.29, 1.82) is 0 Å². The fraction of sp³-hybridized carbons (Fsp3) is 0.147. The first-order valence-corrected chi connectivity index (χ1v) is 25.1. The van der Waals surface area contributed by atoms with E-state index in [4.69, 9.17) is 0 Å². The van der Waals surface area contributed by atoms with Crippen LogP contribution in [0.15, 0.2) is 231 Å². The van der Waals surface area contributed by atoms with Crippen molar-refractivity contribution >= 4 is 27.8 Å². The van der Waals surface area contributed by atoms with Gasteiger partial charge in [0.15, 0.2) is 0 Å². The van der Waals surface area contributed by atoms with Gasteiger partial charge in [-0.25, -0.2) is 0 Å². The maximum atomic E-state index is 2.58. The molecule has 0 radical (unpaired) electrons. The molecule has 69 heavy (non-hydrogen) atoms. The number of hydrogen-bond donors (Lipinski definition) is 0. The molecule has 332 valence electrons. The average molecular weight is 886 g/mol. The van der Waals surface area contributed by atoms with E-state index in [2.05, 4.69) is 249 Å². The Morgan fingerprint density at radius 1 is 0.377 bits per heavy atom. The normalized spacial score (nSPS) is 15.3. The maximum Gasteiger partial charge on any atom is 0.0714 e. The Morgan fingerprint density at radius 3 is 1.62 bits per heavy atom. The summed E-state index contributed by atoms with van der Waals surface area (Å²) in [5, 5.41) is 2.71. The summed E-state index contributed by atoms with van der Waals surface area (Å²) in [6, 6.07) is 87.1. The highest BCUT2D eigenvalue weighted by Gasteiger charge is 2.47. The Kier molecular flexibility index (Phi) is 9.91. The number of nitrogens with zero attached hydrogens (tertiary/aromatic N) is 1. The summed E-state index contributed by atoms with van der Waals surface area (Å²) in [6.07, 6.45) is 6.44. The van der Waals surface area contributed by atoms with E-state index in [1.54, 1.807) is 0 Å². The molecule has 3 aliphatic carbocycles. The molecule has 0 unspecified atom stereocenters. The number of rotatable bonds is 8. The lowest BCUT2D eigenvalue weighted by Crippen LogP contribution is -2.28. The Morgan fingerprint density at radius 2 is 0.899 bits per heavy atom. The van der Waals surface area contributed by atoms with E-state index >= 15 is 0 Å². The van der Waals surface area contributed by atoms with Gasteiger partial charge in [0.25, 0.3) is 0 Å². The predicted octanol–water partition coefficient (Wildman–Crippen LogP) is 18.4. The van der Waals surface area contributed by atoms with Crippen molar-refractivity contribution in [1.82, 2.24) is 0 Å². The summed E-state index contributed by atoms with van der Waals surface area (Å²) in [5.74, 6) is 0.564. The van der Waals surface area contributed by atoms with Crippen LogP contribution in [0.2, 0.25) is 0 Å². The second-order valence-corrected chi connectivity index (χ2v) is 20.1. The molecule has 1 fully saturated rings. The first kappa shape index (κ1) is 41.4. The Hall–Kier alpha value is -7.74. The first-order valence-electron chi connectivity index (χ1n) is 25.1. The van der Waals surface area contributed by atoms with Crippen LogP contribution in [0.5, 0.6) is 0 Å². The second kappa shape index (κ2) is 16.5. The van der Waals surface area contributed by atoms with Gasteiger partial charge in [0.1, 0.15) is 0 Å². The fourth-order valence-electron chi connectivity index (χ4n) is 13.1. The first-order chi connectivity index (χ1) is 34.0. The van der Waals surface area contributed by atoms with Crippen LogP contribution in [0.4, 0.5) is 17.1 Å². The van der Waals surface area contributed by atoms with Crippen LogP contribution in [0.3, 0.4) is 0 Å². The van der Waals surface area contributed by atoms with Crippen LogP contribution in [-0.2, 0) is 10.8 Å². The molecule has 1 nitrogen and oxygen atoms in total. The summed E-state index contributed by atoms with van der Waals surface area (Å²) < 4.78 is 0. The number of fused-ring (bicyclic) bond motifs is 7. The molecule has 0 heterocycles. The number of anilines is 3. The lowest BCUT2D eigenvalue weighted by atomic mass is 9.68.